The molecule has 250 valence electrons. The Labute approximate surface area is 309 Å². The molecule has 2 aromatic heterocycles. The smallest absolute Gasteiger partial charge is 0.160 e. The lowest BCUT2D eigenvalue weighted by Crippen LogP contribution is -2.15. The van der Waals surface area contributed by atoms with E-state index in [2.05, 4.69) is 158 Å². The molecule has 0 bridgehead atoms. The summed E-state index contributed by atoms with van der Waals surface area (Å²) in [6.07, 6.45) is 3.69. The summed E-state index contributed by atoms with van der Waals surface area (Å²) in [5.41, 5.74) is 14.9. The van der Waals surface area contributed by atoms with E-state index >= 15 is 0 Å². The van der Waals surface area contributed by atoms with E-state index in [0.29, 0.717) is 5.82 Å². The van der Waals surface area contributed by atoms with Gasteiger partial charge in [0.2, 0.25) is 0 Å². The van der Waals surface area contributed by atoms with Crippen molar-refractivity contribution < 1.29 is 0 Å². The Morgan fingerprint density at radius 2 is 1.06 bits per heavy atom. The van der Waals surface area contributed by atoms with Gasteiger partial charge in [-0.2, -0.15) is 0 Å². The minimum Gasteiger partial charge on any atom is -0.264 e. The van der Waals surface area contributed by atoms with Gasteiger partial charge in [0, 0.05) is 34.5 Å². The van der Waals surface area contributed by atoms with Crippen molar-refractivity contribution in [1.29, 1.82) is 0 Å². The van der Waals surface area contributed by atoms with Crippen LogP contribution >= 0.6 is 0 Å². The molecular formula is C50H35N3. The first-order valence-corrected chi connectivity index (χ1v) is 18.2. The second-order valence-corrected chi connectivity index (χ2v) is 14.4. The molecule has 7 aromatic carbocycles. The van der Waals surface area contributed by atoms with Crippen LogP contribution in [0.3, 0.4) is 0 Å². The van der Waals surface area contributed by atoms with Crippen molar-refractivity contribution in [1.82, 2.24) is 15.0 Å². The number of nitrogens with zero attached hydrogens (tertiary/aromatic N) is 3. The van der Waals surface area contributed by atoms with E-state index in [4.69, 9.17) is 9.97 Å². The number of benzene rings is 7. The summed E-state index contributed by atoms with van der Waals surface area (Å²) in [6, 6.07) is 58.7. The number of hydrogen-bond donors (Lipinski definition) is 0. The van der Waals surface area contributed by atoms with Crippen molar-refractivity contribution in [2.75, 3.05) is 0 Å². The number of pyridine rings is 1. The highest BCUT2D eigenvalue weighted by Crippen LogP contribution is 2.52. The van der Waals surface area contributed by atoms with Crippen LogP contribution in [0.4, 0.5) is 0 Å². The lowest BCUT2D eigenvalue weighted by molar-refractivity contribution is 0.661. The van der Waals surface area contributed by atoms with Gasteiger partial charge in [-0.25, -0.2) is 9.97 Å². The molecule has 2 heterocycles. The summed E-state index contributed by atoms with van der Waals surface area (Å²) in [7, 11) is 0. The fraction of sp³-hybridized carbons (Fsp3) is 0.0600. The Balaban J connectivity index is 1.10. The lowest BCUT2D eigenvalue weighted by atomic mass is 9.81. The summed E-state index contributed by atoms with van der Waals surface area (Å²) in [6.45, 7) is 4.72. The Hall–Kier alpha value is -6.71. The van der Waals surface area contributed by atoms with Gasteiger partial charge in [0.25, 0.3) is 0 Å². The maximum Gasteiger partial charge on any atom is 0.160 e. The first kappa shape index (κ1) is 31.1. The molecule has 0 fully saturated rings. The molecule has 53 heavy (non-hydrogen) atoms. The highest BCUT2D eigenvalue weighted by atomic mass is 14.9. The van der Waals surface area contributed by atoms with E-state index in [-0.39, 0.29) is 5.41 Å². The quantitative estimate of drug-likeness (QED) is 0.182. The van der Waals surface area contributed by atoms with Crippen LogP contribution in [-0.2, 0) is 5.41 Å². The molecule has 1 aliphatic carbocycles. The highest BCUT2D eigenvalue weighted by Gasteiger charge is 2.36. The van der Waals surface area contributed by atoms with Gasteiger partial charge in [0.05, 0.1) is 11.4 Å². The van der Waals surface area contributed by atoms with Crippen LogP contribution in [0.15, 0.2) is 176 Å². The van der Waals surface area contributed by atoms with Crippen LogP contribution in [0.25, 0.3) is 88.8 Å². The van der Waals surface area contributed by atoms with E-state index in [0.717, 1.165) is 44.6 Å². The Morgan fingerprint density at radius 1 is 0.415 bits per heavy atom. The molecule has 3 heteroatoms. The number of fused-ring (bicyclic) bond motifs is 6. The number of aromatic nitrogens is 3. The first-order valence-electron chi connectivity index (χ1n) is 18.2. The van der Waals surface area contributed by atoms with Crippen molar-refractivity contribution in [2.24, 2.45) is 0 Å². The summed E-state index contributed by atoms with van der Waals surface area (Å²) in [4.78, 5) is 14.6. The van der Waals surface area contributed by atoms with Gasteiger partial charge in [-0.05, 0) is 84.3 Å². The largest absolute Gasteiger partial charge is 0.264 e. The van der Waals surface area contributed by atoms with Gasteiger partial charge in [0.1, 0.15) is 0 Å². The van der Waals surface area contributed by atoms with Gasteiger partial charge >= 0.3 is 0 Å². The normalized spacial score (nSPS) is 12.9. The Kier molecular flexibility index (Phi) is 7.16. The third-order valence-corrected chi connectivity index (χ3v) is 11.0. The van der Waals surface area contributed by atoms with E-state index in [1.807, 2.05) is 30.5 Å². The van der Waals surface area contributed by atoms with Gasteiger partial charge < -0.3 is 0 Å². The van der Waals surface area contributed by atoms with E-state index in [9.17, 15) is 0 Å². The third-order valence-electron chi connectivity index (χ3n) is 11.0. The molecule has 0 spiro atoms. The van der Waals surface area contributed by atoms with Crippen LogP contribution in [0.1, 0.15) is 25.0 Å². The molecule has 9 aromatic rings. The van der Waals surface area contributed by atoms with Crippen molar-refractivity contribution >= 4 is 21.5 Å². The molecule has 10 rings (SSSR count). The van der Waals surface area contributed by atoms with Crippen LogP contribution < -0.4 is 0 Å². The second-order valence-electron chi connectivity index (χ2n) is 14.4. The molecule has 0 saturated heterocycles. The van der Waals surface area contributed by atoms with Crippen molar-refractivity contribution in [3.63, 3.8) is 0 Å². The predicted molar refractivity (Wildman–Crippen MR) is 220 cm³/mol. The monoisotopic (exact) mass is 677 g/mol. The summed E-state index contributed by atoms with van der Waals surface area (Å²) < 4.78 is 0. The maximum atomic E-state index is 5.21. The van der Waals surface area contributed by atoms with E-state index in [1.54, 1.807) is 6.20 Å². The molecule has 0 unspecified atom stereocenters. The lowest BCUT2D eigenvalue weighted by Gasteiger charge is -2.22. The minimum absolute atomic E-state index is 0.109. The Morgan fingerprint density at radius 3 is 1.85 bits per heavy atom. The van der Waals surface area contributed by atoms with Gasteiger partial charge in [0.15, 0.2) is 5.82 Å². The molecule has 0 radical (unpaired) electrons. The zero-order chi connectivity index (χ0) is 35.5. The molecule has 3 nitrogen and oxygen atoms in total. The molecular weight excluding hydrogens is 643 g/mol. The molecule has 0 saturated carbocycles. The van der Waals surface area contributed by atoms with Gasteiger partial charge in [-0.1, -0.05) is 159 Å². The second kappa shape index (κ2) is 12.2. The fourth-order valence-corrected chi connectivity index (χ4v) is 8.27. The summed E-state index contributed by atoms with van der Waals surface area (Å²) in [5, 5.41) is 4.97. The van der Waals surface area contributed by atoms with Crippen molar-refractivity contribution in [2.45, 2.75) is 19.3 Å². The van der Waals surface area contributed by atoms with Crippen molar-refractivity contribution in [3.8, 4) is 67.3 Å². The molecule has 0 amide bonds. The molecule has 0 N–H and O–H groups in total. The number of hydrogen-bond acceptors (Lipinski definition) is 3. The van der Waals surface area contributed by atoms with Crippen LogP contribution in [-0.4, -0.2) is 15.0 Å². The molecule has 0 aliphatic heterocycles. The van der Waals surface area contributed by atoms with Crippen LogP contribution in [0.2, 0.25) is 0 Å². The molecule has 1 aliphatic rings. The van der Waals surface area contributed by atoms with Gasteiger partial charge in [-0.15, -0.1) is 0 Å². The van der Waals surface area contributed by atoms with E-state index < -0.39 is 0 Å². The average molecular weight is 678 g/mol. The Bertz CT molecular complexity index is 2840. The average Bonchev–Trinajstić information content (AvgIpc) is 3.46. The minimum atomic E-state index is -0.109. The SMILES string of the molecule is CC1(C)c2cc(-c3ccc(-c4cc(-c5ccc(-c6cccnc6)cc5)nc(-c5ccccc5)n4)c4ccccc34)ccc2-c2c1ccc1ccccc21. The first-order chi connectivity index (χ1) is 26.0. The van der Waals surface area contributed by atoms with Crippen LogP contribution in [0, 0.1) is 0 Å². The van der Waals surface area contributed by atoms with Crippen molar-refractivity contribution in [3.05, 3.63) is 187 Å². The fourth-order valence-electron chi connectivity index (χ4n) is 8.27. The van der Waals surface area contributed by atoms with E-state index in [1.165, 1.54) is 49.5 Å². The maximum absolute atomic E-state index is 5.21. The molecule has 0 atom stereocenters. The predicted octanol–water partition coefficient (Wildman–Crippen LogP) is 12.8. The van der Waals surface area contributed by atoms with Crippen LogP contribution in [0.5, 0.6) is 0 Å². The zero-order valence-corrected chi connectivity index (χ0v) is 29.6. The standard InChI is InChI=1S/C50H35N3/c1-50(2)44-27-23-33-11-6-7-15-39(33)48(44)43-24-22-36(29-45(43)50)38-25-26-42(41-17-9-8-16-40(38)41)47-30-46(52-49(53-47)35-12-4-3-5-13-35)34-20-18-32(19-21-34)37-14-10-28-51-31-37/h3-31H,1-2H3. The highest BCUT2D eigenvalue weighted by molar-refractivity contribution is 6.06. The summed E-state index contributed by atoms with van der Waals surface area (Å²) >= 11 is 0. The topological polar surface area (TPSA) is 38.7 Å². The zero-order valence-electron chi connectivity index (χ0n) is 29.6. The third kappa shape index (κ3) is 5.16. The van der Waals surface area contributed by atoms with Gasteiger partial charge in [-0.3, -0.25) is 4.98 Å². The summed E-state index contributed by atoms with van der Waals surface area (Å²) in [5.74, 6) is 0.704. The number of rotatable bonds is 5.